The van der Waals surface area contributed by atoms with Gasteiger partial charge in [-0.1, -0.05) is 13.8 Å². The Hall–Kier alpha value is -1.59. The molecule has 1 spiro atoms. The van der Waals surface area contributed by atoms with Crippen LogP contribution in [0.4, 0.5) is 5.69 Å². The van der Waals surface area contributed by atoms with E-state index in [4.69, 9.17) is 14.5 Å². The second-order valence-electron chi connectivity index (χ2n) is 7.57. The van der Waals surface area contributed by atoms with Crippen molar-refractivity contribution in [2.24, 2.45) is 0 Å². The van der Waals surface area contributed by atoms with E-state index in [1.165, 1.54) is 18.5 Å². The molecule has 0 bridgehead atoms. The number of methoxy groups -OCH3 is 1. The van der Waals surface area contributed by atoms with Crippen LogP contribution in [0.5, 0.6) is 0 Å². The highest BCUT2D eigenvalue weighted by molar-refractivity contribution is 5.61. The molecule has 0 saturated carbocycles. The molecule has 4 heterocycles. The Morgan fingerprint density at radius 2 is 2.04 bits per heavy atom. The van der Waals surface area contributed by atoms with Gasteiger partial charge in [-0.2, -0.15) is 0 Å². The van der Waals surface area contributed by atoms with E-state index in [1.807, 2.05) is 0 Å². The predicted octanol–water partition coefficient (Wildman–Crippen LogP) is 3.53. The molecule has 130 valence electrons. The molecule has 0 N–H and O–H groups in total. The number of fused-ring (bicyclic) bond motifs is 1. The first kappa shape index (κ1) is 15.9. The van der Waals surface area contributed by atoms with Crippen molar-refractivity contribution in [2.75, 3.05) is 31.7 Å². The highest BCUT2D eigenvalue weighted by Gasteiger charge is 2.46. The highest BCUT2D eigenvalue weighted by atomic mass is 16.5. The molecule has 0 aliphatic carbocycles. The molecular weight excluding hydrogens is 302 g/mol. The van der Waals surface area contributed by atoms with Gasteiger partial charge in [0.25, 0.3) is 0 Å². The smallest absolute Gasteiger partial charge is 0.142 e. The number of aromatic nitrogens is 2. The maximum Gasteiger partial charge on any atom is 0.142 e. The fourth-order valence-corrected chi connectivity index (χ4v) is 3.84. The zero-order valence-corrected chi connectivity index (χ0v) is 15.1. The number of hydrogen-bond donors (Lipinski definition) is 0. The van der Waals surface area contributed by atoms with E-state index in [2.05, 4.69) is 48.5 Å². The lowest BCUT2D eigenvalue weighted by molar-refractivity contribution is -0.0181. The van der Waals surface area contributed by atoms with Crippen molar-refractivity contribution in [3.8, 4) is 0 Å². The summed E-state index contributed by atoms with van der Waals surface area (Å²) in [7, 11) is 1.76. The fourth-order valence-electron chi connectivity index (χ4n) is 3.84. The third-order valence-corrected chi connectivity index (χ3v) is 5.48. The zero-order chi connectivity index (χ0) is 16.9. The van der Waals surface area contributed by atoms with Gasteiger partial charge in [0.15, 0.2) is 0 Å². The van der Waals surface area contributed by atoms with Crippen LogP contribution in [0.1, 0.15) is 56.9 Å². The molecule has 24 heavy (non-hydrogen) atoms. The first-order valence-electron chi connectivity index (χ1n) is 8.95. The lowest BCUT2D eigenvalue weighted by atomic mass is 9.90. The van der Waals surface area contributed by atoms with Crippen LogP contribution >= 0.6 is 0 Å². The largest absolute Gasteiger partial charge is 0.377 e. The number of hydrogen-bond acceptors (Lipinski definition) is 4. The molecule has 2 aliphatic rings. The predicted molar refractivity (Wildman–Crippen MR) is 94.8 cm³/mol. The third-order valence-electron chi connectivity index (χ3n) is 5.48. The summed E-state index contributed by atoms with van der Waals surface area (Å²) in [4.78, 5) is 7.24. The molecule has 2 fully saturated rings. The van der Waals surface area contributed by atoms with Crippen LogP contribution in [-0.4, -0.2) is 41.8 Å². The molecule has 0 radical (unpaired) electrons. The van der Waals surface area contributed by atoms with Crippen LogP contribution in [0.3, 0.4) is 0 Å². The number of rotatable bonds is 4. The lowest BCUT2D eigenvalue weighted by Crippen LogP contribution is -2.61. The topological polar surface area (TPSA) is 39.0 Å². The number of imidazole rings is 1. The quantitative estimate of drug-likeness (QED) is 0.860. The molecule has 2 aromatic heterocycles. The second-order valence-corrected chi connectivity index (χ2v) is 7.57. The van der Waals surface area contributed by atoms with E-state index in [1.54, 1.807) is 7.11 Å². The number of anilines is 1. The first-order chi connectivity index (χ1) is 11.5. The minimum atomic E-state index is 0.0211. The maximum absolute atomic E-state index is 5.96. The Morgan fingerprint density at radius 3 is 2.67 bits per heavy atom. The SMILES string of the molecule is CO[C@H](C)c1cc(N2CC3(CCCO3)C2)cn2cc(C(C)C)nc12. The summed E-state index contributed by atoms with van der Waals surface area (Å²) in [5.41, 5.74) is 4.62. The molecule has 5 heteroatoms. The van der Waals surface area contributed by atoms with E-state index in [0.29, 0.717) is 5.92 Å². The van der Waals surface area contributed by atoms with Gasteiger partial charge >= 0.3 is 0 Å². The van der Waals surface area contributed by atoms with Gasteiger partial charge in [-0.05, 0) is 31.7 Å². The van der Waals surface area contributed by atoms with Crippen molar-refractivity contribution in [2.45, 2.75) is 51.2 Å². The molecule has 0 aromatic carbocycles. The summed E-state index contributed by atoms with van der Waals surface area (Å²) in [6.07, 6.45) is 6.75. The summed E-state index contributed by atoms with van der Waals surface area (Å²) in [5, 5.41) is 0. The Morgan fingerprint density at radius 1 is 1.25 bits per heavy atom. The number of pyridine rings is 1. The highest BCUT2D eigenvalue weighted by Crippen LogP contribution is 2.39. The maximum atomic E-state index is 5.96. The van der Waals surface area contributed by atoms with Gasteiger partial charge in [0.1, 0.15) is 11.2 Å². The van der Waals surface area contributed by atoms with Gasteiger partial charge in [0.05, 0.1) is 17.5 Å². The molecule has 5 nitrogen and oxygen atoms in total. The van der Waals surface area contributed by atoms with Crippen LogP contribution < -0.4 is 4.90 Å². The standard InChI is InChI=1S/C19H27N3O2/c1-13(2)17-10-21-9-15(8-16(14(3)23-4)18(21)20-17)22-11-19(12-22)6-5-7-24-19/h8-10,13-14H,5-7,11-12H2,1-4H3/t14-/m1/s1. The van der Waals surface area contributed by atoms with Crippen molar-refractivity contribution in [1.29, 1.82) is 0 Å². The van der Waals surface area contributed by atoms with E-state index >= 15 is 0 Å². The van der Waals surface area contributed by atoms with Crippen molar-refractivity contribution in [1.82, 2.24) is 9.38 Å². The van der Waals surface area contributed by atoms with Gasteiger partial charge in [-0.25, -0.2) is 4.98 Å². The average molecular weight is 329 g/mol. The van der Waals surface area contributed by atoms with E-state index < -0.39 is 0 Å². The van der Waals surface area contributed by atoms with Gasteiger partial charge in [0, 0.05) is 44.8 Å². The van der Waals surface area contributed by atoms with Crippen LogP contribution in [0.25, 0.3) is 5.65 Å². The molecular formula is C19H27N3O2. The molecule has 2 aliphatic heterocycles. The average Bonchev–Trinajstić information content (AvgIpc) is 3.18. The molecule has 2 aromatic rings. The Balaban J connectivity index is 1.71. The second kappa shape index (κ2) is 5.74. The Labute approximate surface area is 143 Å². The number of nitrogens with zero attached hydrogens (tertiary/aromatic N) is 3. The summed E-state index contributed by atoms with van der Waals surface area (Å²) in [5.74, 6) is 0.415. The van der Waals surface area contributed by atoms with E-state index in [0.717, 1.165) is 36.6 Å². The van der Waals surface area contributed by atoms with Crippen molar-refractivity contribution >= 4 is 11.3 Å². The Kier molecular flexibility index (Phi) is 3.81. The zero-order valence-electron chi connectivity index (χ0n) is 15.1. The van der Waals surface area contributed by atoms with Crippen LogP contribution in [0.15, 0.2) is 18.5 Å². The van der Waals surface area contributed by atoms with Crippen LogP contribution in [0.2, 0.25) is 0 Å². The van der Waals surface area contributed by atoms with Gasteiger partial charge in [-0.3, -0.25) is 0 Å². The van der Waals surface area contributed by atoms with Gasteiger partial charge in [-0.15, -0.1) is 0 Å². The third kappa shape index (κ3) is 2.50. The van der Waals surface area contributed by atoms with Crippen LogP contribution in [-0.2, 0) is 9.47 Å². The summed E-state index contributed by atoms with van der Waals surface area (Å²) < 4.78 is 13.7. The molecule has 0 unspecified atom stereocenters. The Bertz CT molecular complexity index is 738. The van der Waals surface area contributed by atoms with Gasteiger partial charge < -0.3 is 18.8 Å². The summed E-state index contributed by atoms with van der Waals surface area (Å²) in [6.45, 7) is 9.34. The molecule has 4 rings (SSSR count). The van der Waals surface area contributed by atoms with Crippen LogP contribution in [0, 0.1) is 0 Å². The summed E-state index contributed by atoms with van der Waals surface area (Å²) in [6, 6.07) is 2.24. The minimum absolute atomic E-state index is 0.0211. The summed E-state index contributed by atoms with van der Waals surface area (Å²) >= 11 is 0. The van der Waals surface area contributed by atoms with Crippen molar-refractivity contribution in [3.63, 3.8) is 0 Å². The number of ether oxygens (including phenoxy) is 2. The molecule has 2 saturated heterocycles. The fraction of sp³-hybridized carbons (Fsp3) is 0.632. The molecule has 1 atom stereocenters. The first-order valence-corrected chi connectivity index (χ1v) is 8.95. The lowest BCUT2D eigenvalue weighted by Gasteiger charge is -2.48. The van der Waals surface area contributed by atoms with Gasteiger partial charge in [0.2, 0.25) is 0 Å². The molecule has 0 amide bonds. The van der Waals surface area contributed by atoms with E-state index in [-0.39, 0.29) is 11.7 Å². The van der Waals surface area contributed by atoms with Crippen molar-refractivity contribution < 1.29 is 9.47 Å². The normalized spacial score (nSPS) is 21.0. The van der Waals surface area contributed by atoms with E-state index in [9.17, 15) is 0 Å². The minimum Gasteiger partial charge on any atom is -0.377 e. The monoisotopic (exact) mass is 329 g/mol. The van der Waals surface area contributed by atoms with Crippen molar-refractivity contribution in [3.05, 3.63) is 29.7 Å².